The summed E-state index contributed by atoms with van der Waals surface area (Å²) in [7, 11) is 0. The Kier molecular flexibility index (Phi) is 2.37. The molecular formula is C7H7ClN4O. The van der Waals surface area contributed by atoms with Crippen molar-refractivity contribution in [2.24, 2.45) is 5.10 Å². The molecule has 5 nitrogen and oxygen atoms in total. The molecule has 0 spiro atoms. The number of nitrogens with one attached hydrogen (secondary N) is 1. The molecule has 1 N–H and O–H groups in total. The van der Waals surface area contributed by atoms with Crippen molar-refractivity contribution in [2.45, 2.75) is 0 Å². The smallest absolute Gasteiger partial charge is 0.166 e. The molecule has 1 aromatic rings. The van der Waals surface area contributed by atoms with Crippen LogP contribution >= 0.6 is 11.6 Å². The summed E-state index contributed by atoms with van der Waals surface area (Å²) >= 11 is 5.62. The SMILES string of the molecule is Clc1cncc(NN=C2COC2)n1. The van der Waals surface area contributed by atoms with Crippen LogP contribution in [0.25, 0.3) is 0 Å². The molecule has 1 fully saturated rings. The first-order valence-corrected chi connectivity index (χ1v) is 4.09. The minimum Gasteiger partial charge on any atom is -0.369 e. The van der Waals surface area contributed by atoms with E-state index < -0.39 is 0 Å². The van der Waals surface area contributed by atoms with Crippen LogP contribution in [-0.2, 0) is 4.74 Å². The fourth-order valence-corrected chi connectivity index (χ4v) is 0.938. The predicted octanol–water partition coefficient (Wildman–Crippen LogP) is 0.928. The van der Waals surface area contributed by atoms with Gasteiger partial charge < -0.3 is 4.74 Å². The van der Waals surface area contributed by atoms with Crippen molar-refractivity contribution < 1.29 is 4.74 Å². The highest BCUT2D eigenvalue weighted by Gasteiger charge is 2.10. The van der Waals surface area contributed by atoms with Crippen LogP contribution in [0.2, 0.25) is 5.15 Å². The van der Waals surface area contributed by atoms with Crippen molar-refractivity contribution >= 4 is 23.1 Å². The van der Waals surface area contributed by atoms with Crippen LogP contribution in [0.1, 0.15) is 0 Å². The van der Waals surface area contributed by atoms with E-state index in [1.807, 2.05) is 0 Å². The molecule has 6 heteroatoms. The maximum Gasteiger partial charge on any atom is 0.166 e. The summed E-state index contributed by atoms with van der Waals surface area (Å²) in [5.41, 5.74) is 3.70. The Bertz CT molecular complexity index is 335. The van der Waals surface area contributed by atoms with E-state index in [2.05, 4.69) is 20.5 Å². The van der Waals surface area contributed by atoms with Gasteiger partial charge in [-0.25, -0.2) is 4.98 Å². The minimum atomic E-state index is 0.343. The first-order valence-electron chi connectivity index (χ1n) is 3.71. The molecule has 0 aliphatic carbocycles. The normalized spacial score (nSPS) is 15.0. The number of anilines is 1. The van der Waals surface area contributed by atoms with Crippen LogP contribution in [0, 0.1) is 0 Å². The van der Waals surface area contributed by atoms with Crippen molar-refractivity contribution in [1.82, 2.24) is 9.97 Å². The molecule has 13 heavy (non-hydrogen) atoms. The highest BCUT2D eigenvalue weighted by molar-refractivity contribution is 6.29. The summed E-state index contributed by atoms with van der Waals surface area (Å²) < 4.78 is 4.91. The van der Waals surface area contributed by atoms with Crippen LogP contribution in [0.4, 0.5) is 5.82 Å². The van der Waals surface area contributed by atoms with Crippen molar-refractivity contribution in [3.63, 3.8) is 0 Å². The first-order chi connectivity index (χ1) is 6.34. The largest absolute Gasteiger partial charge is 0.369 e. The molecule has 2 rings (SSSR count). The second-order valence-corrected chi connectivity index (χ2v) is 2.90. The summed E-state index contributed by atoms with van der Waals surface area (Å²) in [5.74, 6) is 0.534. The zero-order chi connectivity index (χ0) is 9.10. The van der Waals surface area contributed by atoms with E-state index in [4.69, 9.17) is 16.3 Å². The summed E-state index contributed by atoms with van der Waals surface area (Å²) in [5, 5.41) is 4.36. The first kappa shape index (κ1) is 8.40. The molecule has 1 saturated heterocycles. The zero-order valence-corrected chi connectivity index (χ0v) is 7.45. The molecule has 1 aliphatic heterocycles. The average Bonchev–Trinajstić information content (AvgIpc) is 2.01. The van der Waals surface area contributed by atoms with Gasteiger partial charge >= 0.3 is 0 Å². The molecule has 0 amide bonds. The number of halogens is 1. The topological polar surface area (TPSA) is 59.4 Å². The number of nitrogens with zero attached hydrogens (tertiary/aromatic N) is 3. The molecule has 0 aromatic carbocycles. The maximum atomic E-state index is 5.62. The van der Waals surface area contributed by atoms with E-state index in [1.165, 1.54) is 6.20 Å². The Labute approximate surface area is 79.8 Å². The Morgan fingerprint density at radius 3 is 2.92 bits per heavy atom. The lowest BCUT2D eigenvalue weighted by Gasteiger charge is -2.15. The van der Waals surface area contributed by atoms with E-state index in [0.29, 0.717) is 24.2 Å². The number of hydrazone groups is 1. The molecule has 0 unspecified atom stereocenters. The van der Waals surface area contributed by atoms with Gasteiger partial charge in [0, 0.05) is 0 Å². The number of hydrogen-bond donors (Lipinski definition) is 1. The second kappa shape index (κ2) is 3.68. The number of ether oxygens (including phenoxy) is 1. The van der Waals surface area contributed by atoms with Gasteiger partial charge in [0.2, 0.25) is 0 Å². The second-order valence-electron chi connectivity index (χ2n) is 2.51. The number of aromatic nitrogens is 2. The molecule has 1 aliphatic rings. The third-order valence-corrected chi connectivity index (χ3v) is 1.65. The lowest BCUT2D eigenvalue weighted by atomic mass is 10.3. The number of hydrogen-bond acceptors (Lipinski definition) is 5. The predicted molar refractivity (Wildman–Crippen MR) is 48.9 cm³/mol. The highest BCUT2D eigenvalue weighted by atomic mass is 35.5. The van der Waals surface area contributed by atoms with Crippen LogP contribution < -0.4 is 5.43 Å². The van der Waals surface area contributed by atoms with Crippen LogP contribution in [0.15, 0.2) is 17.5 Å². The third-order valence-electron chi connectivity index (χ3n) is 1.47. The van der Waals surface area contributed by atoms with E-state index in [1.54, 1.807) is 6.20 Å². The van der Waals surface area contributed by atoms with Gasteiger partial charge in [-0.3, -0.25) is 10.4 Å². The van der Waals surface area contributed by atoms with Gasteiger partial charge in [-0.15, -0.1) is 0 Å². The minimum absolute atomic E-state index is 0.343. The van der Waals surface area contributed by atoms with Crippen molar-refractivity contribution in [1.29, 1.82) is 0 Å². The third kappa shape index (κ3) is 2.13. The Hall–Kier alpha value is -1.20. The quantitative estimate of drug-likeness (QED) is 0.719. The van der Waals surface area contributed by atoms with Gasteiger partial charge in [-0.05, 0) is 0 Å². The Morgan fingerprint density at radius 1 is 1.46 bits per heavy atom. The van der Waals surface area contributed by atoms with Gasteiger partial charge in [-0.2, -0.15) is 5.10 Å². The van der Waals surface area contributed by atoms with E-state index in [-0.39, 0.29) is 0 Å². The van der Waals surface area contributed by atoms with E-state index >= 15 is 0 Å². The summed E-state index contributed by atoms with van der Waals surface area (Å²) in [4.78, 5) is 7.80. The van der Waals surface area contributed by atoms with E-state index in [0.717, 1.165) is 5.71 Å². The molecular weight excluding hydrogens is 192 g/mol. The van der Waals surface area contributed by atoms with Gasteiger partial charge in [-0.1, -0.05) is 11.6 Å². The lowest BCUT2D eigenvalue weighted by Crippen LogP contribution is -2.28. The summed E-state index contributed by atoms with van der Waals surface area (Å²) in [6, 6.07) is 0. The molecule has 0 saturated carbocycles. The van der Waals surface area contributed by atoms with Gasteiger partial charge in [0.25, 0.3) is 0 Å². The van der Waals surface area contributed by atoms with Gasteiger partial charge in [0.05, 0.1) is 31.3 Å². The summed E-state index contributed by atoms with van der Waals surface area (Å²) in [6.45, 7) is 1.17. The highest BCUT2D eigenvalue weighted by Crippen LogP contribution is 2.07. The fourth-order valence-electron chi connectivity index (χ4n) is 0.790. The van der Waals surface area contributed by atoms with Crippen molar-refractivity contribution in [3.05, 3.63) is 17.5 Å². The standard InChI is InChI=1S/C7H7ClN4O/c8-6-1-9-2-7(10-6)12-11-5-3-13-4-5/h1-2H,3-4H2,(H,10,12). The van der Waals surface area contributed by atoms with Crippen LogP contribution in [0.5, 0.6) is 0 Å². The fraction of sp³-hybridized carbons (Fsp3) is 0.286. The number of rotatable bonds is 2. The Balaban J connectivity index is 2.01. The molecule has 0 bridgehead atoms. The Morgan fingerprint density at radius 2 is 2.31 bits per heavy atom. The van der Waals surface area contributed by atoms with Crippen LogP contribution in [0.3, 0.4) is 0 Å². The van der Waals surface area contributed by atoms with Crippen LogP contribution in [-0.4, -0.2) is 28.9 Å². The zero-order valence-electron chi connectivity index (χ0n) is 6.70. The van der Waals surface area contributed by atoms with Gasteiger partial charge in [0.1, 0.15) is 5.15 Å². The van der Waals surface area contributed by atoms with Gasteiger partial charge in [0.15, 0.2) is 5.82 Å². The monoisotopic (exact) mass is 198 g/mol. The molecule has 0 atom stereocenters. The van der Waals surface area contributed by atoms with Crippen molar-refractivity contribution in [3.8, 4) is 0 Å². The molecule has 68 valence electrons. The van der Waals surface area contributed by atoms with E-state index in [9.17, 15) is 0 Å². The maximum absolute atomic E-state index is 5.62. The van der Waals surface area contributed by atoms with Crippen molar-refractivity contribution in [2.75, 3.05) is 18.6 Å². The summed E-state index contributed by atoms with van der Waals surface area (Å²) in [6.07, 6.45) is 3.02. The molecule has 2 heterocycles. The average molecular weight is 199 g/mol. The lowest BCUT2D eigenvalue weighted by molar-refractivity contribution is 0.159. The molecule has 0 radical (unpaired) electrons. The molecule has 1 aromatic heterocycles.